The van der Waals surface area contributed by atoms with Gasteiger partial charge in [-0.1, -0.05) is 36.4 Å². The molecular formula is C18H16N2O2. The molecule has 0 unspecified atom stereocenters. The summed E-state index contributed by atoms with van der Waals surface area (Å²) in [5.74, 6) is -0.0761. The number of carbonyl (C=O) groups excluding carboxylic acids is 2. The molecule has 0 saturated carbocycles. The Morgan fingerprint density at radius 3 is 2.09 bits per heavy atom. The summed E-state index contributed by atoms with van der Waals surface area (Å²) in [6.07, 6.45) is 0.616. The van der Waals surface area contributed by atoms with E-state index in [0.29, 0.717) is 12.0 Å². The van der Waals surface area contributed by atoms with Crippen molar-refractivity contribution in [1.82, 2.24) is 9.80 Å². The molecule has 0 N–H and O–H groups in total. The second-order valence-corrected chi connectivity index (χ2v) is 5.92. The summed E-state index contributed by atoms with van der Waals surface area (Å²) >= 11 is 0. The quantitative estimate of drug-likeness (QED) is 0.747. The first-order chi connectivity index (χ1) is 10.6. The minimum atomic E-state index is -0.723. The normalized spacial score (nSPS) is 23.0. The number of hydrogen-bond acceptors (Lipinski definition) is 2. The van der Waals surface area contributed by atoms with Crippen LogP contribution in [0.3, 0.4) is 0 Å². The highest BCUT2D eigenvalue weighted by Crippen LogP contribution is 2.45. The molecule has 1 atom stereocenters. The van der Waals surface area contributed by atoms with Crippen LogP contribution in [0.2, 0.25) is 0 Å². The Morgan fingerprint density at radius 2 is 1.36 bits per heavy atom. The number of benzene rings is 2. The molecule has 1 spiro atoms. The van der Waals surface area contributed by atoms with Crippen LogP contribution in [0.15, 0.2) is 48.5 Å². The van der Waals surface area contributed by atoms with Gasteiger partial charge in [-0.05, 0) is 17.7 Å². The maximum absolute atomic E-state index is 12.8. The fourth-order valence-electron chi connectivity index (χ4n) is 3.78. The summed E-state index contributed by atoms with van der Waals surface area (Å²) in [6.45, 7) is 0. The van der Waals surface area contributed by atoms with Gasteiger partial charge < -0.3 is 9.80 Å². The first kappa shape index (κ1) is 13.1. The van der Waals surface area contributed by atoms with Crippen molar-refractivity contribution in [3.8, 4) is 0 Å². The molecule has 2 amide bonds. The molecule has 2 aliphatic rings. The van der Waals surface area contributed by atoms with Gasteiger partial charge in [0.1, 0.15) is 5.66 Å². The van der Waals surface area contributed by atoms with E-state index < -0.39 is 5.66 Å². The first-order valence-electron chi connectivity index (χ1n) is 7.31. The average Bonchev–Trinajstić information content (AvgIpc) is 2.76. The van der Waals surface area contributed by atoms with E-state index in [1.165, 1.54) is 0 Å². The van der Waals surface area contributed by atoms with Gasteiger partial charge >= 0.3 is 0 Å². The van der Waals surface area contributed by atoms with Crippen LogP contribution in [0.5, 0.6) is 0 Å². The van der Waals surface area contributed by atoms with E-state index in [2.05, 4.69) is 0 Å². The fraction of sp³-hybridized carbons (Fsp3) is 0.222. The number of rotatable bonds is 0. The van der Waals surface area contributed by atoms with Crippen LogP contribution in [-0.4, -0.2) is 35.7 Å². The molecule has 0 saturated heterocycles. The molecule has 2 aromatic carbocycles. The van der Waals surface area contributed by atoms with Crippen molar-refractivity contribution in [3.05, 3.63) is 70.8 Å². The predicted molar refractivity (Wildman–Crippen MR) is 82.5 cm³/mol. The lowest BCUT2D eigenvalue weighted by atomic mass is 9.84. The second-order valence-electron chi connectivity index (χ2n) is 5.92. The summed E-state index contributed by atoms with van der Waals surface area (Å²) in [5.41, 5.74) is 2.58. The highest BCUT2D eigenvalue weighted by molar-refractivity contribution is 6.03. The molecule has 0 aliphatic carbocycles. The van der Waals surface area contributed by atoms with E-state index in [0.717, 1.165) is 16.7 Å². The van der Waals surface area contributed by atoms with Crippen LogP contribution in [0, 0.1) is 0 Å². The van der Waals surface area contributed by atoms with E-state index >= 15 is 0 Å². The Labute approximate surface area is 129 Å². The maximum atomic E-state index is 12.8. The Balaban J connectivity index is 2.00. The predicted octanol–water partition coefficient (Wildman–Crippen LogP) is 2.25. The third-order valence-corrected chi connectivity index (χ3v) is 4.99. The van der Waals surface area contributed by atoms with Gasteiger partial charge in [0.25, 0.3) is 11.8 Å². The van der Waals surface area contributed by atoms with Gasteiger partial charge in [0.2, 0.25) is 0 Å². The fourth-order valence-corrected chi connectivity index (χ4v) is 3.78. The number of carbonyl (C=O) groups is 2. The summed E-state index contributed by atoms with van der Waals surface area (Å²) < 4.78 is 0. The topological polar surface area (TPSA) is 40.6 Å². The van der Waals surface area contributed by atoms with Gasteiger partial charge in [0, 0.05) is 37.2 Å². The van der Waals surface area contributed by atoms with Crippen molar-refractivity contribution in [1.29, 1.82) is 0 Å². The van der Waals surface area contributed by atoms with E-state index in [1.807, 2.05) is 48.5 Å². The molecule has 110 valence electrons. The summed E-state index contributed by atoms with van der Waals surface area (Å²) in [7, 11) is 3.56. The zero-order chi connectivity index (χ0) is 15.5. The molecule has 2 aliphatic heterocycles. The molecule has 4 nitrogen and oxygen atoms in total. The van der Waals surface area contributed by atoms with Gasteiger partial charge in [-0.25, -0.2) is 0 Å². The van der Waals surface area contributed by atoms with Gasteiger partial charge in [0.05, 0.1) is 0 Å². The number of hydrogen-bond donors (Lipinski definition) is 0. The smallest absolute Gasteiger partial charge is 0.256 e. The van der Waals surface area contributed by atoms with Crippen molar-refractivity contribution >= 4 is 11.8 Å². The molecule has 0 aromatic heterocycles. The van der Waals surface area contributed by atoms with Crippen LogP contribution in [0.4, 0.5) is 0 Å². The molecule has 4 rings (SSSR count). The lowest BCUT2D eigenvalue weighted by molar-refractivity contribution is -0.00838. The Hall–Kier alpha value is -2.62. The Morgan fingerprint density at radius 1 is 0.818 bits per heavy atom. The van der Waals surface area contributed by atoms with Crippen LogP contribution >= 0.6 is 0 Å². The first-order valence-corrected chi connectivity index (χ1v) is 7.31. The Kier molecular flexibility index (Phi) is 2.49. The maximum Gasteiger partial charge on any atom is 0.256 e. The molecule has 4 heteroatoms. The number of fused-ring (bicyclic) bond motifs is 3. The summed E-state index contributed by atoms with van der Waals surface area (Å²) in [5, 5.41) is 0. The van der Waals surface area contributed by atoms with Gasteiger partial charge in [-0.2, -0.15) is 0 Å². The molecule has 0 bridgehead atoms. The van der Waals surface area contributed by atoms with Crippen molar-refractivity contribution in [3.63, 3.8) is 0 Å². The molecular weight excluding hydrogens is 276 g/mol. The summed E-state index contributed by atoms with van der Waals surface area (Å²) in [6, 6.07) is 15.2. The van der Waals surface area contributed by atoms with E-state index in [4.69, 9.17) is 0 Å². The minimum absolute atomic E-state index is 0.0327. The van der Waals surface area contributed by atoms with Gasteiger partial charge in [-0.3, -0.25) is 9.59 Å². The SMILES string of the molecule is CN1C(=O)c2ccccc2C[C@]12c1ccccc1C(=O)N2C. The largest absolute Gasteiger partial charge is 0.314 e. The molecule has 0 fully saturated rings. The van der Waals surface area contributed by atoms with Gasteiger partial charge in [0.15, 0.2) is 0 Å². The minimum Gasteiger partial charge on any atom is -0.314 e. The molecule has 2 aromatic rings. The zero-order valence-corrected chi connectivity index (χ0v) is 12.5. The number of likely N-dealkylation sites (N-methyl/N-ethyl adjacent to an activating group) is 2. The monoisotopic (exact) mass is 292 g/mol. The van der Waals surface area contributed by atoms with E-state index in [9.17, 15) is 9.59 Å². The zero-order valence-electron chi connectivity index (χ0n) is 12.5. The summed E-state index contributed by atoms with van der Waals surface area (Å²) in [4.78, 5) is 28.9. The van der Waals surface area contributed by atoms with Crippen LogP contribution in [0.25, 0.3) is 0 Å². The van der Waals surface area contributed by atoms with Crippen molar-refractivity contribution < 1.29 is 9.59 Å². The standard InChI is InChI=1S/C18H16N2O2/c1-19-16(21)13-8-4-3-7-12(13)11-18(19)15-10-6-5-9-14(15)17(22)20(18)2/h3-10H,11H2,1-2H3/t18-/m0/s1. The highest BCUT2D eigenvalue weighted by atomic mass is 16.2. The van der Waals surface area contributed by atoms with Crippen LogP contribution < -0.4 is 0 Å². The van der Waals surface area contributed by atoms with Crippen LogP contribution in [-0.2, 0) is 12.1 Å². The Bertz CT molecular complexity index is 814. The molecule has 0 radical (unpaired) electrons. The van der Waals surface area contributed by atoms with Crippen molar-refractivity contribution in [2.45, 2.75) is 12.1 Å². The number of amides is 2. The van der Waals surface area contributed by atoms with Crippen molar-refractivity contribution in [2.75, 3.05) is 14.1 Å². The van der Waals surface area contributed by atoms with Crippen molar-refractivity contribution in [2.24, 2.45) is 0 Å². The lowest BCUT2D eigenvalue weighted by Crippen LogP contribution is -2.59. The lowest BCUT2D eigenvalue weighted by Gasteiger charge is -2.47. The number of nitrogens with zero attached hydrogens (tertiary/aromatic N) is 2. The molecule has 2 heterocycles. The van der Waals surface area contributed by atoms with E-state index in [-0.39, 0.29) is 11.8 Å². The third kappa shape index (κ3) is 1.37. The van der Waals surface area contributed by atoms with Gasteiger partial charge in [-0.15, -0.1) is 0 Å². The third-order valence-electron chi connectivity index (χ3n) is 4.99. The second kappa shape index (κ2) is 4.19. The van der Waals surface area contributed by atoms with E-state index in [1.54, 1.807) is 23.9 Å². The molecule has 22 heavy (non-hydrogen) atoms. The highest BCUT2D eigenvalue weighted by Gasteiger charge is 2.54. The average molecular weight is 292 g/mol. The van der Waals surface area contributed by atoms with Crippen LogP contribution in [0.1, 0.15) is 31.8 Å².